The zero-order valence-electron chi connectivity index (χ0n) is 9.83. The van der Waals surface area contributed by atoms with Crippen LogP contribution >= 0.6 is 0 Å². The van der Waals surface area contributed by atoms with Crippen LogP contribution in [0.25, 0.3) is 5.57 Å². The number of nitrogens with two attached hydrogens (primary N) is 1. The molecule has 0 heterocycles. The van der Waals surface area contributed by atoms with E-state index in [2.05, 4.69) is 42.6 Å². The van der Waals surface area contributed by atoms with Gasteiger partial charge in [-0.1, -0.05) is 30.4 Å². The van der Waals surface area contributed by atoms with Gasteiger partial charge in [-0.2, -0.15) is 0 Å². The van der Waals surface area contributed by atoms with E-state index in [1.54, 1.807) is 0 Å². The first-order chi connectivity index (χ1) is 7.63. The maximum Gasteiger partial charge on any atom is 0.0371 e. The number of nitrogens with one attached hydrogen (secondary N) is 1. The van der Waals surface area contributed by atoms with E-state index in [4.69, 9.17) is 5.73 Å². The molecule has 1 aliphatic rings. The zero-order chi connectivity index (χ0) is 11.6. The average Bonchev–Trinajstić information content (AvgIpc) is 2.32. The lowest BCUT2D eigenvalue weighted by molar-refractivity contribution is 0.482. The third-order valence-corrected chi connectivity index (χ3v) is 3.19. The number of allylic oxidation sites excluding steroid dienone is 2. The first-order valence-corrected chi connectivity index (χ1v) is 5.57. The maximum atomic E-state index is 5.67. The Hall–Kier alpha value is -1.54. The fourth-order valence-electron chi connectivity index (χ4n) is 1.81. The molecule has 0 saturated carbocycles. The number of hydrogen-bond donors (Lipinski definition) is 2. The van der Waals surface area contributed by atoms with Crippen LogP contribution in [-0.2, 0) is 0 Å². The molecular weight excluding hydrogens is 196 g/mol. The fraction of sp³-hybridized carbons (Fsp3) is 0.286. The van der Waals surface area contributed by atoms with Gasteiger partial charge in [-0.05, 0) is 43.7 Å². The Balaban J connectivity index is 2.20. The van der Waals surface area contributed by atoms with E-state index < -0.39 is 0 Å². The molecule has 2 heteroatoms. The molecule has 0 aliphatic heterocycles. The highest BCUT2D eigenvalue weighted by Crippen LogP contribution is 2.26. The monoisotopic (exact) mass is 214 g/mol. The molecule has 2 rings (SSSR count). The van der Waals surface area contributed by atoms with E-state index in [0.717, 1.165) is 12.1 Å². The molecule has 3 N–H and O–H groups in total. The fourth-order valence-corrected chi connectivity index (χ4v) is 1.81. The molecule has 0 spiro atoms. The summed E-state index contributed by atoms with van der Waals surface area (Å²) in [6.45, 7) is 2.19. The maximum absolute atomic E-state index is 5.67. The van der Waals surface area contributed by atoms with Crippen LogP contribution in [0.4, 0.5) is 5.69 Å². The molecule has 0 bridgehead atoms. The molecule has 2 nitrogen and oxygen atoms in total. The van der Waals surface area contributed by atoms with Crippen molar-refractivity contribution in [3.8, 4) is 0 Å². The molecule has 1 aromatic carbocycles. The third-order valence-electron chi connectivity index (χ3n) is 3.19. The summed E-state index contributed by atoms with van der Waals surface area (Å²) in [4.78, 5) is 0. The van der Waals surface area contributed by atoms with Gasteiger partial charge in [0.05, 0.1) is 0 Å². The minimum atomic E-state index is 0.0946. The number of anilines is 1. The predicted molar refractivity (Wildman–Crippen MR) is 70.1 cm³/mol. The first kappa shape index (κ1) is 11.0. The predicted octanol–water partition coefficient (Wildman–Crippen LogP) is 2.59. The van der Waals surface area contributed by atoms with E-state index in [1.165, 1.54) is 11.1 Å². The number of hydrogen-bond acceptors (Lipinski definition) is 2. The number of likely N-dealkylation sites (N-methyl/N-ethyl adjacent to an activating group) is 1. The van der Waals surface area contributed by atoms with Crippen LogP contribution in [0, 0.1) is 0 Å². The molecule has 1 atom stereocenters. The largest absolute Gasteiger partial charge is 0.399 e. The SMILES string of the molecule is CNC1(C)C=CC(c2ccc(N)cc2)=CC1. The second kappa shape index (κ2) is 4.14. The third kappa shape index (κ3) is 2.17. The van der Waals surface area contributed by atoms with Gasteiger partial charge in [0, 0.05) is 11.2 Å². The van der Waals surface area contributed by atoms with Crippen molar-refractivity contribution in [2.45, 2.75) is 18.9 Å². The summed E-state index contributed by atoms with van der Waals surface area (Å²) in [6.07, 6.45) is 7.67. The van der Waals surface area contributed by atoms with Crippen LogP contribution in [-0.4, -0.2) is 12.6 Å². The lowest BCUT2D eigenvalue weighted by Gasteiger charge is -2.27. The molecule has 1 unspecified atom stereocenters. The Bertz CT molecular complexity index is 429. The average molecular weight is 214 g/mol. The van der Waals surface area contributed by atoms with Gasteiger partial charge in [0.25, 0.3) is 0 Å². The molecule has 16 heavy (non-hydrogen) atoms. The summed E-state index contributed by atoms with van der Waals surface area (Å²) in [5.74, 6) is 0. The summed E-state index contributed by atoms with van der Waals surface area (Å²) >= 11 is 0. The van der Waals surface area contributed by atoms with Crippen LogP contribution < -0.4 is 11.1 Å². The molecule has 0 amide bonds. The number of benzene rings is 1. The topological polar surface area (TPSA) is 38.0 Å². The molecule has 0 saturated heterocycles. The van der Waals surface area contributed by atoms with E-state index in [1.807, 2.05) is 19.2 Å². The quantitative estimate of drug-likeness (QED) is 0.743. The van der Waals surface area contributed by atoms with Crippen molar-refractivity contribution in [1.29, 1.82) is 0 Å². The molecule has 1 aromatic rings. The highest BCUT2D eigenvalue weighted by Gasteiger charge is 2.19. The lowest BCUT2D eigenvalue weighted by Crippen LogP contribution is -2.37. The Morgan fingerprint density at radius 1 is 1.25 bits per heavy atom. The molecule has 0 radical (unpaired) electrons. The number of nitrogen functional groups attached to an aromatic ring is 1. The van der Waals surface area contributed by atoms with Crippen LogP contribution in [0.2, 0.25) is 0 Å². The van der Waals surface area contributed by atoms with Crippen molar-refractivity contribution in [2.24, 2.45) is 0 Å². The van der Waals surface area contributed by atoms with Gasteiger partial charge in [0.1, 0.15) is 0 Å². The van der Waals surface area contributed by atoms with Gasteiger partial charge in [-0.3, -0.25) is 0 Å². The van der Waals surface area contributed by atoms with Crippen molar-refractivity contribution in [3.63, 3.8) is 0 Å². The molecule has 1 aliphatic carbocycles. The van der Waals surface area contributed by atoms with Crippen molar-refractivity contribution in [2.75, 3.05) is 12.8 Å². The zero-order valence-corrected chi connectivity index (χ0v) is 9.83. The molecule has 0 aromatic heterocycles. The van der Waals surface area contributed by atoms with Crippen molar-refractivity contribution >= 4 is 11.3 Å². The minimum absolute atomic E-state index is 0.0946. The van der Waals surface area contributed by atoms with Gasteiger partial charge in [0.2, 0.25) is 0 Å². The second-order valence-corrected chi connectivity index (χ2v) is 4.49. The Morgan fingerprint density at radius 3 is 2.44 bits per heavy atom. The van der Waals surface area contributed by atoms with E-state index >= 15 is 0 Å². The van der Waals surface area contributed by atoms with E-state index in [0.29, 0.717) is 0 Å². The summed E-state index contributed by atoms with van der Waals surface area (Å²) in [7, 11) is 1.99. The van der Waals surface area contributed by atoms with Crippen LogP contribution in [0.1, 0.15) is 18.9 Å². The molecular formula is C14H18N2. The van der Waals surface area contributed by atoms with Crippen molar-refractivity contribution in [3.05, 3.63) is 48.1 Å². The van der Waals surface area contributed by atoms with E-state index in [-0.39, 0.29) is 5.54 Å². The Labute approximate surface area is 96.9 Å². The normalized spacial score (nSPS) is 24.2. The van der Waals surface area contributed by atoms with Crippen LogP contribution in [0.5, 0.6) is 0 Å². The summed E-state index contributed by atoms with van der Waals surface area (Å²) in [6, 6.07) is 8.01. The van der Waals surface area contributed by atoms with Crippen LogP contribution in [0.3, 0.4) is 0 Å². The van der Waals surface area contributed by atoms with Gasteiger partial charge in [-0.25, -0.2) is 0 Å². The standard InChI is InChI=1S/C14H18N2/c1-14(16-2)9-7-12(8-10-14)11-3-5-13(15)6-4-11/h3-9,16H,10,15H2,1-2H3. The second-order valence-electron chi connectivity index (χ2n) is 4.49. The smallest absolute Gasteiger partial charge is 0.0371 e. The summed E-state index contributed by atoms with van der Waals surface area (Å²) in [5.41, 5.74) is 9.07. The van der Waals surface area contributed by atoms with Crippen LogP contribution in [0.15, 0.2) is 42.5 Å². The van der Waals surface area contributed by atoms with Gasteiger partial charge >= 0.3 is 0 Å². The Morgan fingerprint density at radius 2 is 1.94 bits per heavy atom. The molecule has 0 fully saturated rings. The van der Waals surface area contributed by atoms with Crippen molar-refractivity contribution < 1.29 is 0 Å². The van der Waals surface area contributed by atoms with Gasteiger partial charge in [-0.15, -0.1) is 0 Å². The molecule has 84 valence electrons. The van der Waals surface area contributed by atoms with Crippen molar-refractivity contribution in [1.82, 2.24) is 5.32 Å². The minimum Gasteiger partial charge on any atom is -0.399 e. The summed E-state index contributed by atoms with van der Waals surface area (Å²) in [5, 5.41) is 3.31. The number of rotatable bonds is 2. The Kier molecular flexibility index (Phi) is 2.84. The van der Waals surface area contributed by atoms with Gasteiger partial charge < -0.3 is 11.1 Å². The summed E-state index contributed by atoms with van der Waals surface area (Å²) < 4.78 is 0. The lowest BCUT2D eigenvalue weighted by atomic mass is 9.88. The highest BCUT2D eigenvalue weighted by atomic mass is 14.9. The highest BCUT2D eigenvalue weighted by molar-refractivity contribution is 5.76. The first-order valence-electron chi connectivity index (χ1n) is 5.57. The van der Waals surface area contributed by atoms with E-state index in [9.17, 15) is 0 Å². The van der Waals surface area contributed by atoms with Gasteiger partial charge in [0.15, 0.2) is 0 Å².